The van der Waals surface area contributed by atoms with Crippen molar-refractivity contribution in [1.29, 1.82) is 0 Å². The Hall–Kier alpha value is 2.15. The van der Waals surface area contributed by atoms with Crippen LogP contribution in [-0.2, 0) is 17.1 Å². The van der Waals surface area contributed by atoms with E-state index < -0.39 is 0 Å². The molecular weight excluding hydrogens is 239 g/mol. The average Bonchev–Trinajstić information content (AvgIpc) is 0. The molecule has 4 heteroatoms. The summed E-state index contributed by atoms with van der Waals surface area (Å²) in [6, 6.07) is 0. The molecule has 0 amide bonds. The standard InChI is InChI=1S/B.Fe.Nd.H4Si/h;;;1H4. The molecule has 0 rings (SSSR count). The van der Waals surface area contributed by atoms with E-state index in [9.17, 15) is 0 Å². The van der Waals surface area contributed by atoms with Crippen LogP contribution in [0.25, 0.3) is 0 Å². The Balaban J connectivity index is 0. The first-order chi connectivity index (χ1) is 0. The van der Waals surface area contributed by atoms with Gasteiger partial charge in [-0.25, -0.2) is 0 Å². The summed E-state index contributed by atoms with van der Waals surface area (Å²) in [5.74, 6) is 0. The van der Waals surface area contributed by atoms with Crippen molar-refractivity contribution in [3.63, 3.8) is 0 Å². The Morgan fingerprint density at radius 3 is 1.00 bits per heavy atom. The van der Waals surface area contributed by atoms with Crippen molar-refractivity contribution in [2.45, 2.75) is 0 Å². The molecule has 0 bridgehead atoms. The smallest absolute Gasteiger partial charge is 0 e. The second kappa shape index (κ2) is 19.2. The van der Waals surface area contributed by atoms with Crippen molar-refractivity contribution in [2.75, 3.05) is 0 Å². The van der Waals surface area contributed by atoms with Gasteiger partial charge in [0.25, 0.3) is 0 Å². The fourth-order valence-corrected chi connectivity index (χ4v) is 0. The van der Waals surface area contributed by atoms with Crippen molar-refractivity contribution in [2.24, 2.45) is 0 Å². The Morgan fingerprint density at radius 1 is 1.00 bits per heavy atom. The van der Waals surface area contributed by atoms with Crippen LogP contribution in [0.3, 0.4) is 0 Å². The SMILES string of the molecule is [B].[Fe].[Nd].[SiH4]. The molecule has 0 saturated heterocycles. The summed E-state index contributed by atoms with van der Waals surface area (Å²) >= 11 is 0. The van der Waals surface area contributed by atoms with Crippen LogP contribution >= 0.6 is 0 Å². The van der Waals surface area contributed by atoms with E-state index in [1.54, 1.807) is 0 Å². The number of hydrogen-bond acceptors (Lipinski definition) is 0. The van der Waals surface area contributed by atoms with Crippen molar-refractivity contribution >= 4 is 19.4 Å². The topological polar surface area (TPSA) is 0 Å². The number of rotatable bonds is 0. The van der Waals surface area contributed by atoms with Gasteiger partial charge in [-0.3, -0.25) is 0 Å². The zero-order valence-electron chi connectivity index (χ0n) is 1.43. The minimum absolute atomic E-state index is 0. The summed E-state index contributed by atoms with van der Waals surface area (Å²) in [7, 11) is 0. The van der Waals surface area contributed by atoms with Gasteiger partial charge in [0.15, 0.2) is 0 Å². The first-order valence-electron chi connectivity index (χ1n) is 0. The summed E-state index contributed by atoms with van der Waals surface area (Å²) in [4.78, 5) is 0. The van der Waals surface area contributed by atoms with Crippen LogP contribution in [0.2, 0.25) is 0 Å². The van der Waals surface area contributed by atoms with E-state index >= 15 is 0 Å². The summed E-state index contributed by atoms with van der Waals surface area (Å²) in [5.41, 5.74) is 0. The quantitative estimate of drug-likeness (QED) is 0.439. The van der Waals surface area contributed by atoms with Crippen LogP contribution in [0.1, 0.15) is 0 Å². The van der Waals surface area contributed by atoms with Gasteiger partial charge in [0.1, 0.15) is 0 Å². The molecule has 0 spiro atoms. The molecular formula is H4BFeNdSi. The minimum atomic E-state index is 0. The molecule has 0 heterocycles. The van der Waals surface area contributed by atoms with E-state index in [0.29, 0.717) is 0 Å². The first kappa shape index (κ1) is 35.3. The van der Waals surface area contributed by atoms with Gasteiger partial charge in [-0.05, 0) is 11.0 Å². The second-order valence-corrected chi connectivity index (χ2v) is 0. The van der Waals surface area contributed by atoms with E-state index in [4.69, 9.17) is 0 Å². The Kier molecular flexibility index (Phi) is 169. The third kappa shape index (κ3) is 8.91. The molecule has 0 unspecified atom stereocenters. The summed E-state index contributed by atoms with van der Waals surface area (Å²) in [6.07, 6.45) is 0. The zero-order valence-corrected chi connectivity index (χ0v) is 5.74. The molecule has 4 heavy (non-hydrogen) atoms. The van der Waals surface area contributed by atoms with Gasteiger partial charge >= 0.3 is 0 Å². The summed E-state index contributed by atoms with van der Waals surface area (Å²) < 4.78 is 0. The molecule has 0 saturated carbocycles. The zero-order chi connectivity index (χ0) is 0. The molecule has 0 fully saturated rings. The van der Waals surface area contributed by atoms with E-state index in [1.807, 2.05) is 0 Å². The van der Waals surface area contributed by atoms with Crippen LogP contribution in [0, 0.1) is 40.8 Å². The predicted molar refractivity (Wildman–Crippen MR) is 17.1 cm³/mol. The summed E-state index contributed by atoms with van der Waals surface area (Å²) in [5, 5.41) is 0. The largest absolute Gasteiger partial charge is 0.0149 e. The van der Waals surface area contributed by atoms with Gasteiger partial charge in [0.2, 0.25) is 0 Å². The van der Waals surface area contributed by atoms with Crippen molar-refractivity contribution in [3.8, 4) is 0 Å². The molecule has 3 radical (unpaired) electrons. The maximum atomic E-state index is 0. The molecule has 0 aromatic rings. The molecule has 0 atom stereocenters. The average molecular weight is 243 g/mol. The van der Waals surface area contributed by atoms with E-state index in [1.165, 1.54) is 0 Å². The molecule has 23 valence electrons. The van der Waals surface area contributed by atoms with Crippen LogP contribution < -0.4 is 0 Å². The van der Waals surface area contributed by atoms with Gasteiger partial charge in [0, 0.05) is 66.3 Å². The molecule has 0 N–H and O–H groups in total. The van der Waals surface area contributed by atoms with Crippen molar-refractivity contribution in [3.05, 3.63) is 0 Å². The van der Waals surface area contributed by atoms with Crippen LogP contribution in [-0.4, -0.2) is 19.4 Å². The first-order valence-corrected chi connectivity index (χ1v) is 0. The van der Waals surface area contributed by atoms with E-state index in [2.05, 4.69) is 0 Å². The normalized spacial score (nSPS) is 0. The van der Waals surface area contributed by atoms with Gasteiger partial charge in [-0.2, -0.15) is 0 Å². The minimum Gasteiger partial charge on any atom is -0.0149 e. The Morgan fingerprint density at radius 2 is 1.00 bits per heavy atom. The van der Waals surface area contributed by atoms with E-state index in [0.717, 1.165) is 0 Å². The van der Waals surface area contributed by atoms with Crippen molar-refractivity contribution < 1.29 is 57.9 Å². The fourth-order valence-electron chi connectivity index (χ4n) is 0. The summed E-state index contributed by atoms with van der Waals surface area (Å²) in [6.45, 7) is 0. The molecule has 0 aliphatic carbocycles. The van der Waals surface area contributed by atoms with Gasteiger partial charge in [-0.1, -0.05) is 0 Å². The van der Waals surface area contributed by atoms with Crippen LogP contribution in [0.5, 0.6) is 0 Å². The van der Waals surface area contributed by atoms with Crippen LogP contribution in [0.4, 0.5) is 0 Å². The predicted octanol–water partition coefficient (Wildman–Crippen LogP) is -1.83. The molecule has 0 aliphatic rings. The van der Waals surface area contributed by atoms with Gasteiger partial charge in [-0.15, -0.1) is 0 Å². The van der Waals surface area contributed by atoms with Gasteiger partial charge in [0.05, 0.1) is 0 Å². The maximum absolute atomic E-state index is 0. The fraction of sp³-hybridized carbons (Fsp3) is 0. The second-order valence-electron chi connectivity index (χ2n) is 0. The Bertz CT molecular complexity index is 8.00. The van der Waals surface area contributed by atoms with Gasteiger partial charge < -0.3 is 0 Å². The molecule has 0 aliphatic heterocycles. The monoisotopic (exact) mass is 241 g/mol. The van der Waals surface area contributed by atoms with E-state index in [-0.39, 0.29) is 77.3 Å². The third-order valence-corrected chi connectivity index (χ3v) is 0. The van der Waals surface area contributed by atoms with Crippen LogP contribution in [0.15, 0.2) is 0 Å². The van der Waals surface area contributed by atoms with Crippen molar-refractivity contribution in [1.82, 2.24) is 0 Å². The Labute approximate surface area is 76.1 Å². The molecule has 0 aromatic carbocycles. The molecule has 0 aromatic heterocycles. The maximum Gasteiger partial charge on any atom is 0 e. The number of hydrogen-bond donors (Lipinski definition) is 0. The molecule has 0 nitrogen and oxygen atoms in total. The third-order valence-electron chi connectivity index (χ3n) is 0.